The number of hydrazine groups is 1. The Balaban J connectivity index is 1.48. The number of hydrogen-bond donors (Lipinski definition) is 2. The van der Waals surface area contributed by atoms with E-state index < -0.39 is 5.92 Å². The minimum Gasteiger partial charge on any atom is -0.465 e. The van der Waals surface area contributed by atoms with Crippen LogP contribution in [0.5, 0.6) is 0 Å². The van der Waals surface area contributed by atoms with Crippen LogP contribution in [0.15, 0.2) is 39.5 Å². The first-order valence-electron chi connectivity index (χ1n) is 12.6. The average Bonchev–Trinajstić information content (AvgIpc) is 3.41. The van der Waals surface area contributed by atoms with Crippen molar-refractivity contribution in [2.24, 2.45) is 15.9 Å². The topological polar surface area (TPSA) is 98.6 Å². The third-order valence-electron chi connectivity index (χ3n) is 7.19. The molecule has 1 amide bonds. The van der Waals surface area contributed by atoms with E-state index >= 15 is 0 Å². The maximum absolute atomic E-state index is 13.1. The van der Waals surface area contributed by atoms with Crippen LogP contribution in [0.2, 0.25) is 0 Å². The molecule has 3 heterocycles. The second-order valence-electron chi connectivity index (χ2n) is 9.78. The molecule has 0 bridgehead atoms. The summed E-state index contributed by atoms with van der Waals surface area (Å²) in [4.78, 5) is 37.5. The number of rotatable bonds is 7. The highest BCUT2D eigenvalue weighted by atomic mass is 16.5. The molecule has 9 nitrogen and oxygen atoms in total. The quantitative estimate of drug-likeness (QED) is 0.585. The molecule has 2 atom stereocenters. The van der Waals surface area contributed by atoms with E-state index in [0.29, 0.717) is 29.7 Å². The number of esters is 1. The Labute approximate surface area is 206 Å². The van der Waals surface area contributed by atoms with Crippen LogP contribution in [0.25, 0.3) is 0 Å². The molecule has 9 heteroatoms. The minimum atomic E-state index is -0.401. The van der Waals surface area contributed by atoms with Crippen molar-refractivity contribution >= 4 is 29.7 Å². The Morgan fingerprint density at radius 1 is 1.23 bits per heavy atom. The molecule has 3 aliphatic heterocycles. The number of ether oxygens (including phenoxy) is 1. The van der Waals surface area contributed by atoms with E-state index in [0.717, 1.165) is 49.3 Å². The number of amides is 1. The van der Waals surface area contributed by atoms with Crippen molar-refractivity contribution in [2.45, 2.75) is 58.5 Å². The second-order valence-corrected chi connectivity index (χ2v) is 9.78. The van der Waals surface area contributed by atoms with E-state index in [2.05, 4.69) is 20.6 Å². The molecule has 5 rings (SSSR count). The third kappa shape index (κ3) is 4.82. The van der Waals surface area contributed by atoms with Gasteiger partial charge in [0.2, 0.25) is 0 Å². The summed E-state index contributed by atoms with van der Waals surface area (Å²) < 4.78 is 5.48. The van der Waals surface area contributed by atoms with Gasteiger partial charge in [-0.3, -0.25) is 20.0 Å². The molecule has 4 aliphatic rings. The summed E-state index contributed by atoms with van der Waals surface area (Å²) in [5.41, 5.74) is 7.19. The number of benzene rings is 1. The normalized spacial score (nSPS) is 25.1. The van der Waals surface area contributed by atoms with Crippen molar-refractivity contribution < 1.29 is 14.3 Å². The lowest BCUT2D eigenvalue weighted by Crippen LogP contribution is -2.52. The maximum atomic E-state index is 13.1. The van der Waals surface area contributed by atoms with Gasteiger partial charge < -0.3 is 15.0 Å². The van der Waals surface area contributed by atoms with E-state index in [9.17, 15) is 9.59 Å². The van der Waals surface area contributed by atoms with E-state index in [1.807, 2.05) is 44.0 Å². The molecular weight excluding hydrogens is 444 g/mol. The predicted molar refractivity (Wildman–Crippen MR) is 135 cm³/mol. The Kier molecular flexibility index (Phi) is 6.60. The second kappa shape index (κ2) is 9.81. The van der Waals surface area contributed by atoms with Gasteiger partial charge >= 0.3 is 5.97 Å². The number of carbonyl (C=O) groups excluding carboxylic acids is 2. The number of fused-ring (bicyclic) bond motifs is 1. The molecule has 2 N–H and O–H groups in total. The van der Waals surface area contributed by atoms with E-state index in [4.69, 9.17) is 9.73 Å². The van der Waals surface area contributed by atoms with Crippen LogP contribution < -0.4 is 10.7 Å². The SMILES string of the molecule is CCOC(=O)C1C(C)=C2C(=Nc3cc(C(=O)NC4CC4)ccc3C)N=CNN2C1CN1CCCC1. The first-order valence-corrected chi connectivity index (χ1v) is 12.6. The summed E-state index contributed by atoms with van der Waals surface area (Å²) in [6, 6.07) is 5.74. The lowest BCUT2D eigenvalue weighted by Gasteiger charge is -2.35. The largest absolute Gasteiger partial charge is 0.465 e. The monoisotopic (exact) mass is 478 g/mol. The van der Waals surface area contributed by atoms with Crippen molar-refractivity contribution in [1.29, 1.82) is 0 Å². The number of aryl methyl sites for hydroxylation is 1. The molecule has 1 aromatic carbocycles. The highest BCUT2D eigenvalue weighted by Gasteiger charge is 2.47. The fraction of sp³-hybridized carbons (Fsp3) is 0.538. The number of carbonyl (C=O) groups is 2. The summed E-state index contributed by atoms with van der Waals surface area (Å²) in [5.74, 6) is -0.162. The van der Waals surface area contributed by atoms with Crippen LogP contribution in [0.4, 0.5) is 5.69 Å². The summed E-state index contributed by atoms with van der Waals surface area (Å²) in [5, 5.41) is 5.06. The van der Waals surface area contributed by atoms with E-state index in [-0.39, 0.29) is 17.9 Å². The zero-order valence-electron chi connectivity index (χ0n) is 20.7. The van der Waals surface area contributed by atoms with Crippen molar-refractivity contribution in [3.05, 3.63) is 40.6 Å². The Bertz CT molecular complexity index is 1100. The highest BCUT2D eigenvalue weighted by Crippen LogP contribution is 2.37. The van der Waals surface area contributed by atoms with Crippen LogP contribution in [0, 0.1) is 12.8 Å². The molecule has 2 fully saturated rings. The van der Waals surface area contributed by atoms with Gasteiger partial charge in [0.05, 0.1) is 18.3 Å². The number of hydrogen-bond acceptors (Lipinski definition) is 7. The molecule has 1 saturated heterocycles. The van der Waals surface area contributed by atoms with E-state index in [1.165, 1.54) is 12.8 Å². The first kappa shape index (κ1) is 23.5. The van der Waals surface area contributed by atoms with Gasteiger partial charge in [0.25, 0.3) is 5.91 Å². The third-order valence-corrected chi connectivity index (χ3v) is 7.19. The van der Waals surface area contributed by atoms with Gasteiger partial charge in [-0.2, -0.15) is 0 Å². The molecule has 0 aromatic heterocycles. The molecule has 1 aliphatic carbocycles. The zero-order chi connectivity index (χ0) is 24.5. The molecule has 0 radical (unpaired) electrons. The summed E-state index contributed by atoms with van der Waals surface area (Å²) >= 11 is 0. The Hall–Kier alpha value is -3.20. The number of aliphatic imine (C=N–C) groups is 2. The Morgan fingerprint density at radius 3 is 2.71 bits per heavy atom. The predicted octanol–water partition coefficient (Wildman–Crippen LogP) is 2.70. The molecule has 186 valence electrons. The summed E-state index contributed by atoms with van der Waals surface area (Å²) in [6.45, 7) is 8.96. The molecule has 2 unspecified atom stereocenters. The molecule has 0 spiro atoms. The standard InChI is InChI=1S/C26H34N6O3/c1-4-35-26(34)22-17(3)23-24(27-15-28-32(23)21(22)14-31-11-5-6-12-31)30-20-13-18(8-7-16(20)2)25(33)29-19-9-10-19/h7-8,13,15,19,21-22H,4-6,9-12,14H2,1-3H3,(H,29,33)(H,27,28,30). The van der Waals surface area contributed by atoms with Crippen LogP contribution >= 0.6 is 0 Å². The van der Waals surface area contributed by atoms with Crippen molar-refractivity contribution in [1.82, 2.24) is 20.7 Å². The highest BCUT2D eigenvalue weighted by molar-refractivity contribution is 6.07. The van der Waals surface area contributed by atoms with Crippen LogP contribution in [-0.2, 0) is 9.53 Å². The van der Waals surface area contributed by atoms with Gasteiger partial charge in [-0.1, -0.05) is 6.07 Å². The summed E-state index contributed by atoms with van der Waals surface area (Å²) in [6.07, 6.45) is 6.07. The van der Waals surface area contributed by atoms with Gasteiger partial charge in [-0.15, -0.1) is 0 Å². The van der Waals surface area contributed by atoms with Gasteiger partial charge in [-0.05, 0) is 82.8 Å². The van der Waals surface area contributed by atoms with Crippen LogP contribution in [-0.4, -0.2) is 72.3 Å². The van der Waals surface area contributed by atoms with Crippen LogP contribution in [0.3, 0.4) is 0 Å². The minimum absolute atomic E-state index is 0.0753. The number of nitrogens with one attached hydrogen (secondary N) is 2. The molecule has 35 heavy (non-hydrogen) atoms. The zero-order valence-corrected chi connectivity index (χ0v) is 20.7. The van der Waals surface area contributed by atoms with Crippen molar-refractivity contribution in [3.8, 4) is 0 Å². The number of amidine groups is 1. The maximum Gasteiger partial charge on any atom is 0.315 e. The molecule has 1 saturated carbocycles. The lowest BCUT2D eigenvalue weighted by atomic mass is 9.94. The van der Waals surface area contributed by atoms with Crippen LogP contribution in [0.1, 0.15) is 55.5 Å². The molecular formula is C26H34N6O3. The fourth-order valence-electron chi connectivity index (χ4n) is 5.14. The number of nitrogens with zero attached hydrogens (tertiary/aromatic N) is 4. The van der Waals surface area contributed by atoms with E-state index in [1.54, 1.807) is 6.34 Å². The van der Waals surface area contributed by atoms with Gasteiger partial charge in [0.15, 0.2) is 5.84 Å². The van der Waals surface area contributed by atoms with Gasteiger partial charge in [0.1, 0.15) is 18.0 Å². The lowest BCUT2D eigenvalue weighted by molar-refractivity contribution is -0.148. The van der Waals surface area contributed by atoms with Gasteiger partial charge in [0, 0.05) is 18.2 Å². The Morgan fingerprint density at radius 2 is 2.00 bits per heavy atom. The average molecular weight is 479 g/mol. The smallest absolute Gasteiger partial charge is 0.315 e. The number of likely N-dealkylation sites (tertiary alicyclic amines) is 1. The molecule has 1 aromatic rings. The van der Waals surface area contributed by atoms with Crippen molar-refractivity contribution in [2.75, 3.05) is 26.2 Å². The van der Waals surface area contributed by atoms with Gasteiger partial charge in [-0.25, -0.2) is 9.98 Å². The van der Waals surface area contributed by atoms with Crippen molar-refractivity contribution in [3.63, 3.8) is 0 Å². The fourth-order valence-corrected chi connectivity index (χ4v) is 5.14. The first-order chi connectivity index (χ1) is 17.0. The summed E-state index contributed by atoms with van der Waals surface area (Å²) in [7, 11) is 0.